The van der Waals surface area contributed by atoms with Crippen LogP contribution in [0.1, 0.15) is 47.7 Å². The van der Waals surface area contributed by atoms with Crippen molar-refractivity contribution in [3.63, 3.8) is 0 Å². The van der Waals surface area contributed by atoms with Crippen LogP contribution >= 0.6 is 8.53 Å². The number of benzene rings is 3. The lowest BCUT2D eigenvalue weighted by molar-refractivity contribution is -0.0919. The van der Waals surface area contributed by atoms with Crippen LogP contribution in [0, 0.1) is 6.92 Å². The van der Waals surface area contributed by atoms with Crippen LogP contribution in [-0.4, -0.2) is 66.4 Å². The lowest BCUT2D eigenvalue weighted by atomic mass is 9.80. The molecule has 1 aromatic heterocycles. The smallest absolute Gasteiger partial charge is 0.330 e. The van der Waals surface area contributed by atoms with Gasteiger partial charge in [0.25, 0.3) is 14.1 Å². The van der Waals surface area contributed by atoms with Gasteiger partial charge in [-0.25, -0.2) is 9.46 Å². The number of aromatic amines is 1. The first-order chi connectivity index (χ1) is 23.4. The highest BCUT2D eigenvalue weighted by Gasteiger charge is 2.47. The normalized spacial score (nSPS) is 24.1. The summed E-state index contributed by atoms with van der Waals surface area (Å²) >= 11 is 0. The number of methoxy groups -OCH3 is 2. The van der Waals surface area contributed by atoms with Gasteiger partial charge in [0.05, 0.1) is 33.5 Å². The van der Waals surface area contributed by atoms with Crippen molar-refractivity contribution < 1.29 is 28.0 Å². The van der Waals surface area contributed by atoms with Gasteiger partial charge in [-0.3, -0.25) is 14.3 Å². The van der Waals surface area contributed by atoms with E-state index in [0.717, 1.165) is 47.6 Å². The summed E-state index contributed by atoms with van der Waals surface area (Å²) in [5, 5.41) is 0. The molecule has 3 aromatic carbocycles. The summed E-state index contributed by atoms with van der Waals surface area (Å²) in [5.74, 6) is 1.46. The Balaban J connectivity index is 1.27. The molecule has 0 saturated carbocycles. The van der Waals surface area contributed by atoms with Crippen molar-refractivity contribution in [1.29, 1.82) is 0 Å². The number of aryl methyl sites for hydroxylation is 1. The van der Waals surface area contributed by atoms with Crippen LogP contribution in [0.5, 0.6) is 11.5 Å². The zero-order chi connectivity index (χ0) is 33.3. The third-order valence-corrected chi connectivity index (χ3v) is 11.2. The topological polar surface area (TPSA) is 113 Å². The zero-order valence-corrected chi connectivity index (χ0v) is 28.1. The molecule has 4 aromatic rings. The molecule has 5 atom stereocenters. The lowest BCUT2D eigenvalue weighted by Crippen LogP contribution is -2.38. The summed E-state index contributed by atoms with van der Waals surface area (Å²) in [5.41, 5.74) is 1.10. The Kier molecular flexibility index (Phi) is 9.51. The highest BCUT2D eigenvalue weighted by molar-refractivity contribution is 7.44. The third kappa shape index (κ3) is 6.22. The van der Waals surface area contributed by atoms with Crippen LogP contribution in [0.25, 0.3) is 0 Å². The van der Waals surface area contributed by atoms with Crippen molar-refractivity contribution in [2.24, 2.45) is 0 Å². The van der Waals surface area contributed by atoms with Crippen LogP contribution < -0.4 is 20.7 Å². The van der Waals surface area contributed by atoms with Gasteiger partial charge < -0.3 is 28.0 Å². The Bertz CT molecular complexity index is 1770. The molecule has 3 fully saturated rings. The summed E-state index contributed by atoms with van der Waals surface area (Å²) in [7, 11) is 2.00. The molecule has 3 aliphatic heterocycles. The van der Waals surface area contributed by atoms with Crippen molar-refractivity contribution >= 4 is 8.53 Å². The number of hydrogen-bond donors (Lipinski definition) is 1. The Morgan fingerprint density at radius 3 is 2.21 bits per heavy atom. The molecule has 3 saturated heterocycles. The van der Waals surface area contributed by atoms with Gasteiger partial charge in [0.2, 0.25) is 0 Å². The largest absolute Gasteiger partial charge is 0.497 e. The molecular weight excluding hydrogens is 633 g/mol. The highest BCUT2D eigenvalue weighted by Crippen LogP contribution is 2.55. The maximum atomic E-state index is 13.0. The van der Waals surface area contributed by atoms with Crippen LogP contribution in [0.15, 0.2) is 94.6 Å². The van der Waals surface area contributed by atoms with E-state index in [1.165, 1.54) is 4.57 Å². The maximum Gasteiger partial charge on any atom is 0.330 e. The molecule has 7 rings (SSSR count). The van der Waals surface area contributed by atoms with Gasteiger partial charge in [-0.15, -0.1) is 0 Å². The number of hydrogen-bond acceptors (Lipinski definition) is 9. The van der Waals surface area contributed by atoms with Gasteiger partial charge in [-0.05, 0) is 60.7 Å². The van der Waals surface area contributed by atoms with E-state index >= 15 is 0 Å². The molecule has 0 radical (unpaired) electrons. The second-order valence-corrected chi connectivity index (χ2v) is 13.8. The molecule has 11 nitrogen and oxygen atoms in total. The van der Waals surface area contributed by atoms with E-state index in [-0.39, 0.29) is 6.61 Å². The molecule has 1 N–H and O–H groups in total. The molecule has 12 heteroatoms. The highest BCUT2D eigenvalue weighted by atomic mass is 31.2. The van der Waals surface area contributed by atoms with E-state index < -0.39 is 43.8 Å². The lowest BCUT2D eigenvalue weighted by Gasteiger charge is -2.37. The molecule has 3 aliphatic rings. The minimum Gasteiger partial charge on any atom is -0.497 e. The van der Waals surface area contributed by atoms with Gasteiger partial charge in [0.1, 0.15) is 29.4 Å². The van der Waals surface area contributed by atoms with Crippen molar-refractivity contribution in [2.45, 2.75) is 56.3 Å². The predicted molar refractivity (Wildman–Crippen MR) is 180 cm³/mol. The van der Waals surface area contributed by atoms with Crippen LogP contribution in [-0.2, 0) is 24.1 Å². The first-order valence-corrected chi connectivity index (χ1v) is 17.3. The van der Waals surface area contributed by atoms with Gasteiger partial charge in [0, 0.05) is 30.8 Å². The Morgan fingerprint density at radius 2 is 1.56 bits per heavy atom. The number of H-pyrrole nitrogens is 1. The van der Waals surface area contributed by atoms with E-state index in [2.05, 4.69) is 9.65 Å². The molecule has 4 heterocycles. The van der Waals surface area contributed by atoms with Gasteiger partial charge >= 0.3 is 5.69 Å². The predicted octanol–water partition coefficient (Wildman–Crippen LogP) is 5.27. The van der Waals surface area contributed by atoms with Crippen LogP contribution in [0.4, 0.5) is 0 Å². The van der Waals surface area contributed by atoms with E-state index in [0.29, 0.717) is 24.6 Å². The summed E-state index contributed by atoms with van der Waals surface area (Å²) in [6.07, 6.45) is 2.44. The second-order valence-electron chi connectivity index (χ2n) is 12.3. The molecule has 0 spiro atoms. The average Bonchev–Trinajstić information content (AvgIpc) is 3.85. The van der Waals surface area contributed by atoms with Crippen LogP contribution in [0.3, 0.4) is 0 Å². The van der Waals surface area contributed by atoms with Gasteiger partial charge in [-0.1, -0.05) is 54.6 Å². The monoisotopic (exact) mass is 673 g/mol. The van der Waals surface area contributed by atoms with Crippen molar-refractivity contribution in [2.75, 3.05) is 34.0 Å². The first kappa shape index (κ1) is 32.7. The molecular formula is C36H40N3O8P. The average molecular weight is 674 g/mol. The Morgan fingerprint density at radius 1 is 0.917 bits per heavy atom. The number of nitrogens with one attached hydrogen (secondary N) is 1. The zero-order valence-electron chi connectivity index (χ0n) is 27.2. The SMILES string of the molecule is COc1ccc(C(OC[C@H]2O[C@@H](n3cc(C)c(=O)[nH]c3=O)C[C@@H]2O[P@@]2OC[C@@H]3CCCN32)(c2ccccc2)c2ccc(OC)cc2)cc1. The summed E-state index contributed by atoms with van der Waals surface area (Å²) in [6, 6.07) is 26.1. The fraction of sp³-hybridized carbons (Fsp3) is 0.389. The fourth-order valence-electron chi connectivity index (χ4n) is 6.85. The Hall–Kier alpha value is -3.83. The summed E-state index contributed by atoms with van der Waals surface area (Å²) < 4.78 is 41.4. The minimum absolute atomic E-state index is 0.123. The van der Waals surface area contributed by atoms with Crippen molar-refractivity contribution in [1.82, 2.24) is 14.2 Å². The van der Waals surface area contributed by atoms with E-state index in [9.17, 15) is 9.59 Å². The van der Waals surface area contributed by atoms with E-state index in [1.807, 2.05) is 78.9 Å². The quantitative estimate of drug-likeness (QED) is 0.168. The number of rotatable bonds is 11. The molecule has 0 aliphatic carbocycles. The van der Waals surface area contributed by atoms with Crippen LogP contribution in [0.2, 0.25) is 0 Å². The standard InChI is InChI=1S/C36H40N3O8P/c1-24-21-38(35(41)37-34(24)40)33-20-31(47-48-39-19-7-10-28(39)22-45-48)32(46-33)23-44-36(25-8-5-4-6-9-25,26-11-15-29(42-2)16-12-26)27-13-17-30(43-3)18-14-27/h4-6,8-9,11-18,21,28,31-33H,7,10,19-20,22-23H2,1-3H3,(H,37,40,41)/t28-,31-,32+,33+,48+/m0/s1. The van der Waals surface area contributed by atoms with Gasteiger partial charge in [0.15, 0.2) is 0 Å². The molecule has 0 amide bonds. The maximum absolute atomic E-state index is 13.0. The van der Waals surface area contributed by atoms with Crippen molar-refractivity contribution in [3.8, 4) is 11.5 Å². The summed E-state index contributed by atoms with van der Waals surface area (Å²) in [4.78, 5) is 27.6. The molecule has 252 valence electrons. The van der Waals surface area contributed by atoms with E-state index in [1.54, 1.807) is 27.3 Å². The third-order valence-electron chi connectivity index (χ3n) is 9.43. The fourth-order valence-corrected chi connectivity index (χ4v) is 8.69. The van der Waals surface area contributed by atoms with E-state index in [4.69, 9.17) is 28.0 Å². The number of aromatic nitrogens is 2. The van der Waals surface area contributed by atoms with Crippen molar-refractivity contribution in [3.05, 3.63) is 128 Å². The second kappa shape index (κ2) is 14.0. The Labute approximate surface area is 280 Å². The number of nitrogens with zero attached hydrogens (tertiary/aromatic N) is 2. The minimum atomic E-state index is -1.29. The molecule has 0 unspecified atom stereocenters. The van der Waals surface area contributed by atoms with Gasteiger partial charge in [-0.2, -0.15) is 0 Å². The number of ether oxygens (including phenoxy) is 4. The summed E-state index contributed by atoms with van der Waals surface area (Å²) in [6.45, 7) is 3.37. The number of fused-ring (bicyclic) bond motifs is 1. The molecule has 0 bridgehead atoms. The first-order valence-electron chi connectivity index (χ1n) is 16.2. The molecule has 48 heavy (non-hydrogen) atoms.